The number of nitrogens with zero attached hydrogens (tertiary/aromatic N) is 3. The molecule has 2 heterocycles. The molecule has 6 heteroatoms. The molecule has 0 spiro atoms. The van der Waals surface area contributed by atoms with Crippen LogP contribution in [0.25, 0.3) is 0 Å². The quantitative estimate of drug-likeness (QED) is 0.825. The second-order valence-corrected chi connectivity index (χ2v) is 5.32. The maximum atomic E-state index is 12.0. The molecule has 19 heavy (non-hydrogen) atoms. The van der Waals surface area contributed by atoms with E-state index >= 15 is 0 Å². The Balaban J connectivity index is 1.86. The SMILES string of the molecule is Cc1c(CNC(=O)N2CCC(C)C(O)C2)cnn1C. The van der Waals surface area contributed by atoms with Gasteiger partial charge in [-0.1, -0.05) is 6.92 Å². The third-order valence-electron chi connectivity index (χ3n) is 3.97. The number of hydrogen-bond acceptors (Lipinski definition) is 3. The number of amides is 2. The topological polar surface area (TPSA) is 70.4 Å². The number of urea groups is 1. The summed E-state index contributed by atoms with van der Waals surface area (Å²) in [5.41, 5.74) is 2.06. The number of nitrogens with one attached hydrogen (secondary N) is 1. The van der Waals surface area contributed by atoms with Gasteiger partial charge in [-0.05, 0) is 19.3 Å². The van der Waals surface area contributed by atoms with E-state index in [2.05, 4.69) is 10.4 Å². The highest BCUT2D eigenvalue weighted by Gasteiger charge is 2.27. The molecule has 2 atom stereocenters. The van der Waals surface area contributed by atoms with Gasteiger partial charge in [0.1, 0.15) is 0 Å². The van der Waals surface area contributed by atoms with E-state index in [1.165, 1.54) is 0 Å². The van der Waals surface area contributed by atoms with Crippen molar-refractivity contribution >= 4 is 6.03 Å². The number of rotatable bonds is 2. The minimum atomic E-state index is -0.417. The molecular weight excluding hydrogens is 244 g/mol. The molecule has 1 saturated heterocycles. The normalized spacial score (nSPS) is 23.5. The maximum absolute atomic E-state index is 12.0. The zero-order valence-corrected chi connectivity index (χ0v) is 11.8. The smallest absolute Gasteiger partial charge is 0.317 e. The van der Waals surface area contributed by atoms with Gasteiger partial charge in [0.25, 0.3) is 0 Å². The Hall–Kier alpha value is -1.56. The highest BCUT2D eigenvalue weighted by Crippen LogP contribution is 2.17. The van der Waals surface area contributed by atoms with Gasteiger partial charge in [-0.15, -0.1) is 0 Å². The second-order valence-electron chi connectivity index (χ2n) is 5.32. The highest BCUT2D eigenvalue weighted by molar-refractivity contribution is 5.74. The molecule has 2 rings (SSSR count). The molecule has 0 bridgehead atoms. The van der Waals surface area contributed by atoms with Crippen LogP contribution < -0.4 is 5.32 Å². The van der Waals surface area contributed by atoms with Crippen molar-refractivity contribution in [1.82, 2.24) is 20.0 Å². The first-order valence-electron chi connectivity index (χ1n) is 6.67. The number of piperidine rings is 1. The number of carbonyl (C=O) groups excluding carboxylic acids is 1. The number of aryl methyl sites for hydroxylation is 1. The monoisotopic (exact) mass is 266 g/mol. The first-order chi connectivity index (χ1) is 8.99. The van der Waals surface area contributed by atoms with Crippen molar-refractivity contribution in [3.63, 3.8) is 0 Å². The van der Waals surface area contributed by atoms with Gasteiger partial charge in [-0.2, -0.15) is 5.10 Å². The molecule has 6 nitrogen and oxygen atoms in total. The number of hydrogen-bond donors (Lipinski definition) is 2. The lowest BCUT2D eigenvalue weighted by Gasteiger charge is -2.34. The van der Waals surface area contributed by atoms with Gasteiger partial charge in [-0.25, -0.2) is 4.79 Å². The molecular formula is C13H22N4O2. The lowest BCUT2D eigenvalue weighted by atomic mass is 9.96. The van der Waals surface area contributed by atoms with Crippen LogP contribution in [0.3, 0.4) is 0 Å². The highest BCUT2D eigenvalue weighted by atomic mass is 16.3. The summed E-state index contributed by atoms with van der Waals surface area (Å²) in [7, 11) is 1.88. The van der Waals surface area contributed by atoms with E-state index < -0.39 is 6.10 Å². The van der Waals surface area contributed by atoms with Crippen LogP contribution >= 0.6 is 0 Å². The predicted octanol–water partition coefficient (Wildman–Crippen LogP) is 0.641. The second kappa shape index (κ2) is 5.61. The Bertz CT molecular complexity index is 457. The molecule has 0 saturated carbocycles. The molecule has 2 amide bonds. The molecule has 1 fully saturated rings. The van der Waals surface area contributed by atoms with Gasteiger partial charge < -0.3 is 15.3 Å². The maximum Gasteiger partial charge on any atom is 0.317 e. The number of aliphatic hydroxyl groups excluding tert-OH is 1. The standard InChI is InChI=1S/C13H22N4O2/c1-9-4-5-17(8-12(9)18)13(19)14-6-11-7-15-16(3)10(11)2/h7,9,12,18H,4-6,8H2,1-3H3,(H,14,19). The van der Waals surface area contributed by atoms with E-state index in [1.54, 1.807) is 15.8 Å². The fourth-order valence-electron chi connectivity index (χ4n) is 2.23. The van der Waals surface area contributed by atoms with Gasteiger partial charge in [0.2, 0.25) is 0 Å². The summed E-state index contributed by atoms with van der Waals surface area (Å²) in [6, 6.07) is -0.116. The van der Waals surface area contributed by atoms with Crippen LogP contribution in [0.15, 0.2) is 6.20 Å². The van der Waals surface area contributed by atoms with Crippen LogP contribution in [-0.4, -0.2) is 45.0 Å². The molecule has 0 aromatic carbocycles. The Labute approximate surface area is 113 Å². The van der Waals surface area contributed by atoms with Gasteiger partial charge in [0.15, 0.2) is 0 Å². The Kier molecular flexibility index (Phi) is 4.09. The van der Waals surface area contributed by atoms with Crippen LogP contribution in [0.4, 0.5) is 4.79 Å². The third-order valence-corrected chi connectivity index (χ3v) is 3.97. The first kappa shape index (κ1) is 13.9. The molecule has 106 valence electrons. The van der Waals surface area contributed by atoms with Crippen molar-refractivity contribution in [2.45, 2.75) is 32.9 Å². The predicted molar refractivity (Wildman–Crippen MR) is 71.5 cm³/mol. The number of β-amino-alcohol motifs (C(OH)–C–C–N with tert-alkyl or cyclic N) is 1. The third kappa shape index (κ3) is 3.07. The molecule has 1 aliphatic heterocycles. The summed E-state index contributed by atoms with van der Waals surface area (Å²) >= 11 is 0. The van der Waals surface area contributed by atoms with Crippen molar-refractivity contribution in [3.05, 3.63) is 17.5 Å². The van der Waals surface area contributed by atoms with E-state index in [1.807, 2.05) is 20.9 Å². The molecule has 1 aliphatic rings. The molecule has 2 N–H and O–H groups in total. The lowest BCUT2D eigenvalue weighted by Crippen LogP contribution is -2.49. The fourth-order valence-corrected chi connectivity index (χ4v) is 2.23. The van der Waals surface area contributed by atoms with Crippen LogP contribution in [0.2, 0.25) is 0 Å². The zero-order valence-electron chi connectivity index (χ0n) is 11.8. The van der Waals surface area contributed by atoms with E-state index in [0.29, 0.717) is 19.6 Å². The summed E-state index contributed by atoms with van der Waals surface area (Å²) in [5, 5.41) is 16.8. The lowest BCUT2D eigenvalue weighted by molar-refractivity contribution is 0.0435. The van der Waals surface area contributed by atoms with E-state index in [9.17, 15) is 9.90 Å². The summed E-state index contributed by atoms with van der Waals surface area (Å²) < 4.78 is 1.79. The van der Waals surface area contributed by atoms with Crippen molar-refractivity contribution in [2.24, 2.45) is 13.0 Å². The Morgan fingerprint density at radius 1 is 1.63 bits per heavy atom. The largest absolute Gasteiger partial charge is 0.391 e. The fraction of sp³-hybridized carbons (Fsp3) is 0.692. The molecule has 1 aromatic rings. The average Bonchev–Trinajstić information content (AvgIpc) is 2.70. The van der Waals surface area contributed by atoms with Crippen LogP contribution in [0, 0.1) is 12.8 Å². The van der Waals surface area contributed by atoms with Gasteiger partial charge in [0, 0.05) is 37.9 Å². The van der Waals surface area contributed by atoms with Gasteiger partial charge in [-0.3, -0.25) is 4.68 Å². The number of aromatic nitrogens is 2. The molecule has 2 unspecified atom stereocenters. The van der Waals surface area contributed by atoms with Gasteiger partial charge in [0.05, 0.1) is 12.3 Å². The number of aliphatic hydroxyl groups is 1. The van der Waals surface area contributed by atoms with Crippen LogP contribution in [-0.2, 0) is 13.6 Å². The molecule has 0 radical (unpaired) electrons. The van der Waals surface area contributed by atoms with Gasteiger partial charge >= 0.3 is 6.03 Å². The summed E-state index contributed by atoms with van der Waals surface area (Å²) in [5.74, 6) is 0.268. The minimum absolute atomic E-state index is 0.116. The van der Waals surface area contributed by atoms with Crippen molar-refractivity contribution in [2.75, 3.05) is 13.1 Å². The van der Waals surface area contributed by atoms with Crippen LogP contribution in [0.5, 0.6) is 0 Å². The van der Waals surface area contributed by atoms with Crippen LogP contribution in [0.1, 0.15) is 24.6 Å². The number of likely N-dealkylation sites (tertiary alicyclic amines) is 1. The summed E-state index contributed by atoms with van der Waals surface area (Å²) in [6.45, 7) is 5.58. The van der Waals surface area contributed by atoms with Crippen molar-refractivity contribution < 1.29 is 9.90 Å². The summed E-state index contributed by atoms with van der Waals surface area (Å²) in [4.78, 5) is 13.7. The van der Waals surface area contributed by atoms with E-state index in [-0.39, 0.29) is 11.9 Å². The van der Waals surface area contributed by atoms with E-state index in [4.69, 9.17) is 0 Å². The minimum Gasteiger partial charge on any atom is -0.391 e. The first-order valence-corrected chi connectivity index (χ1v) is 6.67. The molecule has 1 aromatic heterocycles. The Morgan fingerprint density at radius 3 is 2.95 bits per heavy atom. The van der Waals surface area contributed by atoms with Crippen molar-refractivity contribution in [3.8, 4) is 0 Å². The Morgan fingerprint density at radius 2 is 2.37 bits per heavy atom. The van der Waals surface area contributed by atoms with E-state index in [0.717, 1.165) is 17.7 Å². The number of carbonyl (C=O) groups is 1. The molecule has 0 aliphatic carbocycles. The average molecular weight is 266 g/mol. The summed E-state index contributed by atoms with van der Waals surface area (Å²) in [6.07, 6.45) is 2.20. The zero-order chi connectivity index (χ0) is 14.0. The van der Waals surface area contributed by atoms with Crippen molar-refractivity contribution in [1.29, 1.82) is 0 Å².